The van der Waals surface area contributed by atoms with Crippen LogP contribution in [0.3, 0.4) is 0 Å². The number of likely N-dealkylation sites (tertiary alicyclic amines) is 1. The number of piperidine rings is 1. The molecule has 3 atom stereocenters. The summed E-state index contributed by atoms with van der Waals surface area (Å²) in [6.07, 6.45) is 3.24. The fourth-order valence-corrected chi connectivity index (χ4v) is 3.58. The van der Waals surface area contributed by atoms with Gasteiger partial charge < -0.3 is 14.4 Å². The van der Waals surface area contributed by atoms with E-state index >= 15 is 0 Å². The van der Waals surface area contributed by atoms with Crippen LogP contribution in [-0.4, -0.2) is 42.7 Å². The van der Waals surface area contributed by atoms with Crippen LogP contribution in [0.2, 0.25) is 0 Å². The third-order valence-corrected chi connectivity index (χ3v) is 4.65. The Hall–Kier alpha value is -1.55. The highest BCUT2D eigenvalue weighted by Gasteiger charge is 2.38. The number of fused-ring (bicyclic) bond motifs is 1. The van der Waals surface area contributed by atoms with Crippen molar-refractivity contribution in [1.29, 1.82) is 0 Å². The first-order valence-corrected chi connectivity index (χ1v) is 8.30. The SMILES string of the molecule is CCOc1ccc(CC(=O)N2CC[C@@H]3O[C@@H](C)C[C@H]3C2)cc1. The number of ether oxygens (including phenoxy) is 2. The molecule has 2 saturated heterocycles. The lowest BCUT2D eigenvalue weighted by Crippen LogP contribution is -2.45. The molecule has 3 rings (SSSR count). The second kappa shape index (κ2) is 6.69. The molecule has 2 heterocycles. The van der Waals surface area contributed by atoms with Crippen molar-refractivity contribution in [2.45, 2.75) is 45.3 Å². The van der Waals surface area contributed by atoms with Crippen molar-refractivity contribution in [3.8, 4) is 5.75 Å². The summed E-state index contributed by atoms with van der Waals surface area (Å²) in [6, 6.07) is 7.84. The summed E-state index contributed by atoms with van der Waals surface area (Å²) in [6.45, 7) is 6.43. The van der Waals surface area contributed by atoms with E-state index in [1.54, 1.807) is 0 Å². The monoisotopic (exact) mass is 303 g/mol. The summed E-state index contributed by atoms with van der Waals surface area (Å²) in [4.78, 5) is 14.5. The van der Waals surface area contributed by atoms with Crippen molar-refractivity contribution in [3.05, 3.63) is 29.8 Å². The van der Waals surface area contributed by atoms with Crippen molar-refractivity contribution < 1.29 is 14.3 Å². The maximum atomic E-state index is 12.5. The van der Waals surface area contributed by atoms with Gasteiger partial charge in [-0.25, -0.2) is 0 Å². The lowest BCUT2D eigenvalue weighted by molar-refractivity contribution is -0.133. The molecule has 4 nitrogen and oxygen atoms in total. The van der Waals surface area contributed by atoms with Crippen molar-refractivity contribution in [3.63, 3.8) is 0 Å². The van der Waals surface area contributed by atoms with Crippen LogP contribution in [0.25, 0.3) is 0 Å². The number of benzene rings is 1. The summed E-state index contributed by atoms with van der Waals surface area (Å²) in [5.41, 5.74) is 1.05. The number of rotatable bonds is 4. The molecule has 0 aliphatic carbocycles. The van der Waals surface area contributed by atoms with E-state index < -0.39 is 0 Å². The fourth-order valence-electron chi connectivity index (χ4n) is 3.58. The molecule has 1 aromatic rings. The first-order chi connectivity index (χ1) is 10.7. The van der Waals surface area contributed by atoms with Crippen LogP contribution in [0.15, 0.2) is 24.3 Å². The molecule has 0 unspecified atom stereocenters. The average Bonchev–Trinajstić information content (AvgIpc) is 2.88. The first-order valence-electron chi connectivity index (χ1n) is 8.30. The van der Waals surface area contributed by atoms with Gasteiger partial charge in [-0.05, 0) is 44.4 Å². The molecule has 2 aliphatic heterocycles. The Morgan fingerprint density at radius 1 is 1.36 bits per heavy atom. The summed E-state index contributed by atoms with van der Waals surface area (Å²) in [7, 11) is 0. The van der Waals surface area contributed by atoms with Gasteiger partial charge in [-0.2, -0.15) is 0 Å². The van der Waals surface area contributed by atoms with Crippen molar-refractivity contribution in [2.75, 3.05) is 19.7 Å². The normalized spacial score (nSPS) is 27.5. The van der Waals surface area contributed by atoms with Gasteiger partial charge in [0.25, 0.3) is 0 Å². The minimum atomic E-state index is 0.224. The third-order valence-electron chi connectivity index (χ3n) is 4.65. The Balaban J connectivity index is 1.55. The summed E-state index contributed by atoms with van der Waals surface area (Å²) >= 11 is 0. The van der Waals surface area contributed by atoms with E-state index in [4.69, 9.17) is 9.47 Å². The van der Waals surface area contributed by atoms with Gasteiger partial charge in [0.05, 0.1) is 25.2 Å². The van der Waals surface area contributed by atoms with Gasteiger partial charge in [0, 0.05) is 19.0 Å². The van der Waals surface area contributed by atoms with E-state index in [2.05, 4.69) is 6.92 Å². The van der Waals surface area contributed by atoms with E-state index in [1.165, 1.54) is 0 Å². The molecule has 0 aromatic heterocycles. The molecule has 2 fully saturated rings. The van der Waals surface area contributed by atoms with Gasteiger partial charge in [0.1, 0.15) is 5.75 Å². The predicted octanol–water partition coefficient (Wildman–Crippen LogP) is 2.65. The molecule has 1 amide bonds. The Morgan fingerprint density at radius 3 is 2.86 bits per heavy atom. The minimum absolute atomic E-state index is 0.224. The molecule has 1 aromatic carbocycles. The smallest absolute Gasteiger partial charge is 0.227 e. The molecule has 0 saturated carbocycles. The number of nitrogens with zero attached hydrogens (tertiary/aromatic N) is 1. The van der Waals surface area contributed by atoms with Gasteiger partial charge in [0.15, 0.2) is 0 Å². The van der Waals surface area contributed by atoms with Gasteiger partial charge in [-0.1, -0.05) is 12.1 Å². The van der Waals surface area contributed by atoms with Crippen LogP contribution >= 0.6 is 0 Å². The van der Waals surface area contributed by atoms with Crippen molar-refractivity contribution in [1.82, 2.24) is 4.90 Å². The molecule has 0 N–H and O–H groups in total. The van der Waals surface area contributed by atoms with Crippen molar-refractivity contribution >= 4 is 5.91 Å². The Bertz CT molecular complexity index is 514. The maximum absolute atomic E-state index is 12.5. The maximum Gasteiger partial charge on any atom is 0.227 e. The molecular formula is C18H25NO3. The zero-order chi connectivity index (χ0) is 15.5. The zero-order valence-corrected chi connectivity index (χ0v) is 13.5. The Labute approximate surface area is 132 Å². The van der Waals surface area contributed by atoms with E-state index in [-0.39, 0.29) is 5.91 Å². The highest BCUT2D eigenvalue weighted by molar-refractivity contribution is 5.79. The van der Waals surface area contributed by atoms with E-state index in [0.29, 0.717) is 31.2 Å². The largest absolute Gasteiger partial charge is 0.494 e. The summed E-state index contributed by atoms with van der Waals surface area (Å²) < 4.78 is 11.3. The topological polar surface area (TPSA) is 38.8 Å². The molecule has 120 valence electrons. The fraction of sp³-hybridized carbons (Fsp3) is 0.611. The van der Waals surface area contributed by atoms with Crippen LogP contribution in [0.1, 0.15) is 32.3 Å². The number of hydrogen-bond acceptors (Lipinski definition) is 3. The lowest BCUT2D eigenvalue weighted by Gasteiger charge is -2.34. The van der Waals surface area contributed by atoms with E-state index in [9.17, 15) is 4.79 Å². The lowest BCUT2D eigenvalue weighted by atomic mass is 9.92. The van der Waals surface area contributed by atoms with Gasteiger partial charge in [-0.15, -0.1) is 0 Å². The van der Waals surface area contributed by atoms with Gasteiger partial charge in [0.2, 0.25) is 5.91 Å². The van der Waals surface area contributed by atoms with Gasteiger partial charge in [-0.3, -0.25) is 4.79 Å². The molecule has 22 heavy (non-hydrogen) atoms. The number of carbonyl (C=O) groups excluding carboxylic acids is 1. The quantitative estimate of drug-likeness (QED) is 0.858. The van der Waals surface area contributed by atoms with Crippen molar-refractivity contribution in [2.24, 2.45) is 5.92 Å². The second-order valence-corrected chi connectivity index (χ2v) is 6.36. The Kier molecular flexibility index (Phi) is 4.67. The summed E-state index contributed by atoms with van der Waals surface area (Å²) in [5, 5.41) is 0. The minimum Gasteiger partial charge on any atom is -0.494 e. The molecule has 4 heteroatoms. The van der Waals surface area contributed by atoms with Crippen LogP contribution in [-0.2, 0) is 16.0 Å². The standard InChI is InChI=1S/C18H25NO3/c1-3-21-16-6-4-14(5-7-16)11-18(20)19-9-8-17-15(12-19)10-13(2)22-17/h4-7,13,15,17H,3,8-12H2,1-2H3/t13-,15-,17-/m0/s1. The number of hydrogen-bond donors (Lipinski definition) is 0. The number of amides is 1. The molecule has 2 aliphatic rings. The number of carbonyl (C=O) groups is 1. The summed E-state index contributed by atoms with van der Waals surface area (Å²) in [5.74, 6) is 1.60. The van der Waals surface area contributed by atoms with Gasteiger partial charge >= 0.3 is 0 Å². The van der Waals surface area contributed by atoms with E-state index in [1.807, 2.05) is 36.1 Å². The Morgan fingerprint density at radius 2 is 2.14 bits per heavy atom. The second-order valence-electron chi connectivity index (χ2n) is 6.36. The van der Waals surface area contributed by atoms with E-state index in [0.717, 1.165) is 37.2 Å². The van der Waals surface area contributed by atoms with Crippen LogP contribution in [0.5, 0.6) is 5.75 Å². The predicted molar refractivity (Wildman–Crippen MR) is 85.0 cm³/mol. The van der Waals surface area contributed by atoms with Crippen LogP contribution in [0, 0.1) is 5.92 Å². The van der Waals surface area contributed by atoms with Crippen LogP contribution in [0.4, 0.5) is 0 Å². The third kappa shape index (κ3) is 3.43. The highest BCUT2D eigenvalue weighted by atomic mass is 16.5. The molecular weight excluding hydrogens is 278 g/mol. The first kappa shape index (κ1) is 15.3. The highest BCUT2D eigenvalue weighted by Crippen LogP contribution is 2.32. The molecule has 0 radical (unpaired) electrons. The molecule has 0 bridgehead atoms. The zero-order valence-electron chi connectivity index (χ0n) is 13.5. The van der Waals surface area contributed by atoms with Crippen LogP contribution < -0.4 is 4.74 Å². The average molecular weight is 303 g/mol. The molecule has 0 spiro atoms.